The fourth-order valence-electron chi connectivity index (χ4n) is 2.34. The summed E-state index contributed by atoms with van der Waals surface area (Å²) in [5.74, 6) is -2.75. The maximum Gasteiger partial charge on any atom is 0.353 e. The molecule has 2 aromatic carbocycles. The van der Waals surface area contributed by atoms with E-state index in [2.05, 4.69) is 4.99 Å². The Morgan fingerprint density at radius 1 is 1.13 bits per heavy atom. The van der Waals surface area contributed by atoms with Crippen LogP contribution < -0.4 is 0 Å². The van der Waals surface area contributed by atoms with Gasteiger partial charge in [0.05, 0.1) is 12.3 Å². The van der Waals surface area contributed by atoms with E-state index >= 15 is 0 Å². The molecule has 0 spiro atoms. The van der Waals surface area contributed by atoms with E-state index in [-0.39, 0.29) is 18.7 Å². The van der Waals surface area contributed by atoms with Gasteiger partial charge in [-0.2, -0.15) is 0 Å². The molecule has 5 nitrogen and oxygen atoms in total. The highest BCUT2D eigenvalue weighted by Crippen LogP contribution is 2.23. The van der Waals surface area contributed by atoms with Gasteiger partial charge in [-0.1, -0.05) is 37.3 Å². The average Bonchev–Trinajstić information content (AvgIpc) is 2.54. The zero-order valence-electron chi connectivity index (χ0n) is 13.2. The molecule has 0 saturated heterocycles. The standard InChI is InChI=1S/C18H19NO4/c1-3-15(17(20)21)16(18(22)23-4-2)19-14-10-9-12-7-5-6-8-13(12)11-14/h5-11,15H,3-4H2,1-2H3,(H,20,21). The van der Waals surface area contributed by atoms with Crippen LogP contribution in [0.25, 0.3) is 10.8 Å². The number of aliphatic carboxylic acids is 1. The number of rotatable bonds is 6. The summed E-state index contributed by atoms with van der Waals surface area (Å²) in [6, 6.07) is 13.2. The molecule has 0 aliphatic carbocycles. The van der Waals surface area contributed by atoms with Crippen LogP contribution in [0.2, 0.25) is 0 Å². The van der Waals surface area contributed by atoms with Crippen molar-refractivity contribution in [3.05, 3.63) is 42.5 Å². The lowest BCUT2D eigenvalue weighted by Crippen LogP contribution is -2.31. The second kappa shape index (κ2) is 7.54. The number of carboxylic acids is 1. The van der Waals surface area contributed by atoms with Gasteiger partial charge in [-0.15, -0.1) is 0 Å². The van der Waals surface area contributed by atoms with Gasteiger partial charge in [0.1, 0.15) is 11.6 Å². The highest BCUT2D eigenvalue weighted by atomic mass is 16.5. The molecule has 2 rings (SSSR count). The third-order valence-electron chi connectivity index (χ3n) is 3.50. The molecule has 120 valence electrons. The van der Waals surface area contributed by atoms with Crippen LogP contribution in [-0.4, -0.2) is 29.4 Å². The van der Waals surface area contributed by atoms with Crippen molar-refractivity contribution in [1.29, 1.82) is 0 Å². The predicted molar refractivity (Wildman–Crippen MR) is 89.1 cm³/mol. The van der Waals surface area contributed by atoms with E-state index in [0.717, 1.165) is 10.8 Å². The average molecular weight is 313 g/mol. The summed E-state index contributed by atoms with van der Waals surface area (Å²) in [4.78, 5) is 27.8. The van der Waals surface area contributed by atoms with Crippen molar-refractivity contribution in [1.82, 2.24) is 0 Å². The van der Waals surface area contributed by atoms with Gasteiger partial charge in [0, 0.05) is 0 Å². The first-order valence-corrected chi connectivity index (χ1v) is 7.54. The van der Waals surface area contributed by atoms with Gasteiger partial charge in [0.15, 0.2) is 0 Å². The van der Waals surface area contributed by atoms with Crippen LogP contribution in [0.5, 0.6) is 0 Å². The van der Waals surface area contributed by atoms with Crippen LogP contribution in [0.3, 0.4) is 0 Å². The summed E-state index contributed by atoms with van der Waals surface area (Å²) in [6.07, 6.45) is 0.264. The largest absolute Gasteiger partial charge is 0.481 e. The molecule has 0 aliphatic heterocycles. The van der Waals surface area contributed by atoms with E-state index in [4.69, 9.17) is 4.74 Å². The predicted octanol–water partition coefficient (Wildman–Crippen LogP) is 3.59. The van der Waals surface area contributed by atoms with Gasteiger partial charge in [0.2, 0.25) is 0 Å². The molecule has 0 aliphatic rings. The fraction of sp³-hybridized carbons (Fsp3) is 0.278. The molecule has 1 N–H and O–H groups in total. The summed E-state index contributed by atoms with van der Waals surface area (Å²) < 4.78 is 4.96. The minimum absolute atomic E-state index is 0.0721. The number of aliphatic imine (C=N–C) groups is 1. The van der Waals surface area contributed by atoms with Crippen LogP contribution in [0.1, 0.15) is 20.3 Å². The molecule has 0 heterocycles. The number of ether oxygens (including phenoxy) is 1. The monoisotopic (exact) mass is 313 g/mol. The summed E-state index contributed by atoms with van der Waals surface area (Å²) >= 11 is 0. The quantitative estimate of drug-likeness (QED) is 0.653. The summed E-state index contributed by atoms with van der Waals surface area (Å²) in [7, 11) is 0. The smallest absolute Gasteiger partial charge is 0.353 e. The number of benzene rings is 2. The van der Waals surface area contributed by atoms with Crippen LogP contribution in [0.15, 0.2) is 47.5 Å². The topological polar surface area (TPSA) is 76.0 Å². The Morgan fingerprint density at radius 3 is 2.43 bits per heavy atom. The van der Waals surface area contributed by atoms with Crippen molar-refractivity contribution in [3.63, 3.8) is 0 Å². The summed E-state index contributed by atoms with van der Waals surface area (Å²) in [6.45, 7) is 3.55. The molecule has 0 saturated carbocycles. The number of nitrogens with zero attached hydrogens (tertiary/aromatic N) is 1. The highest BCUT2D eigenvalue weighted by Gasteiger charge is 2.29. The van der Waals surface area contributed by atoms with Gasteiger partial charge < -0.3 is 9.84 Å². The SMILES string of the molecule is CCOC(=O)C(=Nc1ccc2ccccc2c1)C(CC)C(=O)O. The van der Waals surface area contributed by atoms with E-state index in [1.54, 1.807) is 19.9 Å². The molecule has 23 heavy (non-hydrogen) atoms. The Morgan fingerprint density at radius 2 is 1.83 bits per heavy atom. The second-order valence-electron chi connectivity index (χ2n) is 5.05. The number of carboxylic acid groups (broad SMARTS) is 1. The highest BCUT2D eigenvalue weighted by molar-refractivity contribution is 6.41. The van der Waals surface area contributed by atoms with Gasteiger partial charge in [0.25, 0.3) is 0 Å². The van der Waals surface area contributed by atoms with Crippen LogP contribution in [-0.2, 0) is 14.3 Å². The van der Waals surface area contributed by atoms with Crippen LogP contribution in [0.4, 0.5) is 5.69 Å². The molecule has 5 heteroatoms. The van der Waals surface area contributed by atoms with E-state index < -0.39 is 17.9 Å². The fourth-order valence-corrected chi connectivity index (χ4v) is 2.34. The lowest BCUT2D eigenvalue weighted by Gasteiger charge is -2.12. The second-order valence-corrected chi connectivity index (χ2v) is 5.05. The maximum absolute atomic E-state index is 12.1. The molecule has 1 unspecified atom stereocenters. The molecule has 1 atom stereocenters. The van der Waals surface area contributed by atoms with Crippen LogP contribution in [0, 0.1) is 5.92 Å². The van der Waals surface area contributed by atoms with E-state index in [1.807, 2.05) is 36.4 Å². The lowest BCUT2D eigenvalue weighted by molar-refractivity contribution is -0.142. The van der Waals surface area contributed by atoms with Crippen molar-refractivity contribution in [2.24, 2.45) is 10.9 Å². The zero-order valence-corrected chi connectivity index (χ0v) is 13.2. The maximum atomic E-state index is 12.1. The minimum atomic E-state index is -1.08. The molecule has 0 radical (unpaired) electrons. The summed E-state index contributed by atoms with van der Waals surface area (Å²) in [5.41, 5.74) is 0.462. The zero-order chi connectivity index (χ0) is 16.8. The number of hydrogen-bond donors (Lipinski definition) is 1. The van der Waals surface area contributed by atoms with Crippen LogP contribution >= 0.6 is 0 Å². The third-order valence-corrected chi connectivity index (χ3v) is 3.50. The van der Waals surface area contributed by atoms with Crippen molar-refractivity contribution in [2.45, 2.75) is 20.3 Å². The first-order chi connectivity index (χ1) is 11.1. The van der Waals surface area contributed by atoms with Gasteiger partial charge >= 0.3 is 11.9 Å². The minimum Gasteiger partial charge on any atom is -0.481 e. The Bertz CT molecular complexity index is 752. The van der Waals surface area contributed by atoms with Crippen molar-refractivity contribution >= 4 is 34.1 Å². The molecule has 0 fully saturated rings. The molecule has 0 aromatic heterocycles. The van der Waals surface area contributed by atoms with Crippen molar-refractivity contribution in [2.75, 3.05) is 6.61 Å². The van der Waals surface area contributed by atoms with E-state index in [1.165, 1.54) is 0 Å². The molecular weight excluding hydrogens is 294 g/mol. The Balaban J connectivity index is 2.48. The third kappa shape index (κ3) is 3.94. The number of carbonyl (C=O) groups is 2. The Hall–Kier alpha value is -2.69. The number of hydrogen-bond acceptors (Lipinski definition) is 4. The Labute approximate surface area is 134 Å². The van der Waals surface area contributed by atoms with Gasteiger partial charge in [-0.3, -0.25) is 4.79 Å². The van der Waals surface area contributed by atoms with Gasteiger partial charge in [-0.25, -0.2) is 9.79 Å². The van der Waals surface area contributed by atoms with Crippen molar-refractivity contribution < 1.29 is 19.4 Å². The molecule has 0 bridgehead atoms. The first kappa shape index (κ1) is 16.7. The number of carbonyl (C=O) groups excluding carboxylic acids is 1. The van der Waals surface area contributed by atoms with Gasteiger partial charge in [-0.05, 0) is 36.2 Å². The normalized spacial score (nSPS) is 12.9. The Kier molecular flexibility index (Phi) is 5.46. The molecule has 2 aromatic rings. The number of fused-ring (bicyclic) bond motifs is 1. The van der Waals surface area contributed by atoms with E-state index in [0.29, 0.717) is 5.69 Å². The molecular formula is C18H19NO4. The lowest BCUT2D eigenvalue weighted by atomic mass is 10.00. The molecule has 0 amide bonds. The van der Waals surface area contributed by atoms with E-state index in [9.17, 15) is 14.7 Å². The van der Waals surface area contributed by atoms with Crippen molar-refractivity contribution in [3.8, 4) is 0 Å². The summed E-state index contributed by atoms with van der Waals surface area (Å²) in [5, 5.41) is 11.3. The first-order valence-electron chi connectivity index (χ1n) is 7.54. The number of esters is 1.